The molecule has 1 aromatic carbocycles. The van der Waals surface area contributed by atoms with Gasteiger partial charge in [0.1, 0.15) is 0 Å². The van der Waals surface area contributed by atoms with Gasteiger partial charge in [-0.15, -0.1) is 0 Å². The van der Waals surface area contributed by atoms with Crippen LogP contribution in [0.5, 0.6) is 0 Å². The molecule has 0 saturated heterocycles. The van der Waals surface area contributed by atoms with Crippen LogP contribution in [0.2, 0.25) is 0 Å². The van der Waals surface area contributed by atoms with E-state index < -0.39 is 11.7 Å². The Morgan fingerprint density at radius 2 is 2.12 bits per heavy atom. The Labute approximate surface area is 99.0 Å². The Morgan fingerprint density at radius 3 is 2.88 bits per heavy atom. The lowest BCUT2D eigenvalue weighted by molar-refractivity contribution is -0.112. The highest BCUT2D eigenvalue weighted by Crippen LogP contribution is 2.28. The third-order valence-corrected chi connectivity index (χ3v) is 2.64. The number of allylic oxidation sites excluding steroid dienone is 1. The van der Waals surface area contributed by atoms with Gasteiger partial charge >= 0.3 is 0 Å². The monoisotopic (exact) mass is 233 g/mol. The number of carbonyl (C=O) groups is 2. The highest BCUT2D eigenvalue weighted by Gasteiger charge is 2.28. The fraction of sp³-hybridized carbons (Fsp3) is 0.167. The number of para-hydroxylation sites is 1. The number of amides is 1. The van der Waals surface area contributed by atoms with Gasteiger partial charge in [0.15, 0.2) is 0 Å². The first-order valence-electron chi connectivity index (χ1n) is 5.00. The van der Waals surface area contributed by atoms with Crippen molar-refractivity contribution in [3.63, 3.8) is 0 Å². The lowest BCUT2D eigenvalue weighted by atomic mass is 10.1. The van der Waals surface area contributed by atoms with E-state index in [1.807, 2.05) is 18.2 Å². The van der Waals surface area contributed by atoms with Gasteiger partial charge in [0.2, 0.25) is 0 Å². The fourth-order valence-corrected chi connectivity index (χ4v) is 1.76. The summed E-state index contributed by atoms with van der Waals surface area (Å²) in [5, 5.41) is 2.58. The van der Waals surface area contributed by atoms with Gasteiger partial charge in [-0.2, -0.15) is 12.6 Å². The minimum atomic E-state index is -0.551. The van der Waals surface area contributed by atoms with Crippen molar-refractivity contribution in [2.75, 3.05) is 11.1 Å². The van der Waals surface area contributed by atoms with Crippen molar-refractivity contribution in [3.05, 3.63) is 35.4 Å². The largest absolute Gasteiger partial charge is 0.318 e. The van der Waals surface area contributed by atoms with Crippen LogP contribution >= 0.6 is 12.6 Å². The van der Waals surface area contributed by atoms with Crippen molar-refractivity contribution in [3.8, 4) is 0 Å². The van der Waals surface area contributed by atoms with E-state index in [9.17, 15) is 9.59 Å². The second kappa shape index (κ2) is 4.53. The molecule has 0 fully saturated rings. The molecular formula is C12H11NO2S. The van der Waals surface area contributed by atoms with Crippen LogP contribution in [0.1, 0.15) is 22.3 Å². The summed E-state index contributed by atoms with van der Waals surface area (Å²) in [7, 11) is 0. The Bertz CT molecular complexity index is 480. The maximum atomic E-state index is 11.4. The summed E-state index contributed by atoms with van der Waals surface area (Å²) < 4.78 is 0. The molecule has 4 heteroatoms. The van der Waals surface area contributed by atoms with E-state index in [1.165, 1.54) is 0 Å². The number of carbonyl (C=O) groups excluding carboxylic acids is 2. The summed E-state index contributed by atoms with van der Waals surface area (Å²) in [6.07, 6.45) is 4.72. The van der Waals surface area contributed by atoms with E-state index in [4.69, 9.17) is 0 Å². The Morgan fingerprint density at radius 1 is 1.31 bits per heavy atom. The highest BCUT2D eigenvalue weighted by molar-refractivity contribution is 7.80. The second-order valence-electron chi connectivity index (χ2n) is 3.47. The number of fused-ring (bicyclic) bond motifs is 1. The molecule has 0 bridgehead atoms. The number of rotatable bonds is 3. The Hall–Kier alpha value is -1.55. The number of hydrogen-bond donors (Lipinski definition) is 2. The van der Waals surface area contributed by atoms with Gasteiger partial charge in [-0.05, 0) is 23.8 Å². The standard InChI is InChI=1S/C12H11NO2S/c14-11-9-6-3-5-8(4-1-2-7-16)10(9)13-12(11)15/h1,3-6,16H,2,7H2,(H,13,14,15). The van der Waals surface area contributed by atoms with Crippen molar-refractivity contribution in [2.24, 2.45) is 0 Å². The maximum Gasteiger partial charge on any atom is 0.296 e. The molecule has 16 heavy (non-hydrogen) atoms. The lowest BCUT2D eigenvalue weighted by Gasteiger charge is -2.01. The van der Waals surface area contributed by atoms with Crippen LogP contribution in [-0.4, -0.2) is 17.4 Å². The zero-order chi connectivity index (χ0) is 11.5. The number of nitrogens with one attached hydrogen (secondary N) is 1. The van der Waals surface area contributed by atoms with Crippen LogP contribution < -0.4 is 5.32 Å². The average molecular weight is 233 g/mol. The lowest BCUT2D eigenvalue weighted by Crippen LogP contribution is -2.12. The van der Waals surface area contributed by atoms with E-state index in [-0.39, 0.29) is 0 Å². The molecule has 0 aromatic heterocycles. The minimum Gasteiger partial charge on any atom is -0.318 e. The zero-order valence-corrected chi connectivity index (χ0v) is 9.46. The van der Waals surface area contributed by atoms with E-state index in [0.717, 1.165) is 17.7 Å². The molecule has 1 N–H and O–H groups in total. The van der Waals surface area contributed by atoms with Gasteiger partial charge in [0, 0.05) is 0 Å². The first-order valence-corrected chi connectivity index (χ1v) is 5.63. The predicted octanol–water partition coefficient (Wildman–Crippen LogP) is 2.15. The summed E-state index contributed by atoms with van der Waals surface area (Å²) in [4.78, 5) is 22.6. The molecule has 0 aliphatic carbocycles. The number of anilines is 1. The van der Waals surface area contributed by atoms with E-state index in [1.54, 1.807) is 12.1 Å². The Balaban J connectivity index is 2.36. The van der Waals surface area contributed by atoms with Crippen LogP contribution in [0.25, 0.3) is 6.08 Å². The third-order valence-electron chi connectivity index (χ3n) is 2.38. The van der Waals surface area contributed by atoms with Crippen molar-refractivity contribution in [2.45, 2.75) is 6.42 Å². The van der Waals surface area contributed by atoms with Crippen LogP contribution in [0, 0.1) is 0 Å². The number of benzene rings is 1. The normalized spacial score (nSPS) is 14.3. The van der Waals surface area contributed by atoms with Crippen molar-refractivity contribution in [1.29, 1.82) is 0 Å². The number of Topliss-reactive ketones (excluding diaryl/α,β-unsaturated/α-hetero) is 1. The molecule has 1 aromatic rings. The number of hydrogen-bond acceptors (Lipinski definition) is 3. The van der Waals surface area contributed by atoms with Gasteiger partial charge in [-0.3, -0.25) is 9.59 Å². The quantitative estimate of drug-likeness (QED) is 0.620. The molecule has 82 valence electrons. The van der Waals surface area contributed by atoms with Crippen LogP contribution in [-0.2, 0) is 4.79 Å². The topological polar surface area (TPSA) is 46.2 Å². The summed E-state index contributed by atoms with van der Waals surface area (Å²) in [6.45, 7) is 0. The number of ketones is 1. The van der Waals surface area contributed by atoms with Crippen molar-refractivity contribution < 1.29 is 9.59 Å². The van der Waals surface area contributed by atoms with Gasteiger partial charge in [-0.25, -0.2) is 0 Å². The van der Waals surface area contributed by atoms with Gasteiger partial charge in [0.25, 0.3) is 11.7 Å². The summed E-state index contributed by atoms with van der Waals surface area (Å²) in [5.74, 6) is -0.235. The molecular weight excluding hydrogens is 222 g/mol. The zero-order valence-electron chi connectivity index (χ0n) is 8.56. The fourth-order valence-electron chi connectivity index (χ4n) is 1.62. The van der Waals surface area contributed by atoms with Crippen LogP contribution in [0.15, 0.2) is 24.3 Å². The second-order valence-corrected chi connectivity index (χ2v) is 3.91. The molecule has 0 atom stereocenters. The first kappa shape index (κ1) is 11.0. The van der Waals surface area contributed by atoms with E-state index in [2.05, 4.69) is 17.9 Å². The predicted molar refractivity (Wildman–Crippen MR) is 66.9 cm³/mol. The summed E-state index contributed by atoms with van der Waals surface area (Å²) in [5.41, 5.74) is 1.93. The molecule has 1 amide bonds. The van der Waals surface area contributed by atoms with Crippen LogP contribution in [0.3, 0.4) is 0 Å². The van der Waals surface area contributed by atoms with E-state index >= 15 is 0 Å². The molecule has 1 heterocycles. The molecule has 3 nitrogen and oxygen atoms in total. The average Bonchev–Trinajstić information content (AvgIpc) is 2.57. The molecule has 2 rings (SSSR count). The van der Waals surface area contributed by atoms with Crippen LogP contribution in [0.4, 0.5) is 5.69 Å². The third kappa shape index (κ3) is 1.88. The molecule has 1 aliphatic rings. The first-order chi connectivity index (χ1) is 7.74. The molecule has 1 aliphatic heterocycles. The van der Waals surface area contributed by atoms with E-state index in [0.29, 0.717) is 11.3 Å². The minimum absolute atomic E-state index is 0.457. The summed E-state index contributed by atoms with van der Waals surface area (Å²) >= 11 is 4.10. The SMILES string of the molecule is O=C1Nc2c(C=CCCS)cccc2C1=O. The number of thiol groups is 1. The van der Waals surface area contributed by atoms with Crippen molar-refractivity contribution >= 4 is 36.1 Å². The Kier molecular flexibility index (Phi) is 3.10. The molecule has 0 saturated carbocycles. The van der Waals surface area contributed by atoms with Gasteiger partial charge < -0.3 is 5.32 Å². The smallest absolute Gasteiger partial charge is 0.296 e. The molecule has 0 unspecified atom stereocenters. The molecule has 0 spiro atoms. The van der Waals surface area contributed by atoms with Gasteiger partial charge in [0.05, 0.1) is 11.3 Å². The maximum absolute atomic E-state index is 11.4. The highest BCUT2D eigenvalue weighted by atomic mass is 32.1. The van der Waals surface area contributed by atoms with Gasteiger partial charge in [-0.1, -0.05) is 24.3 Å². The van der Waals surface area contributed by atoms with Crippen molar-refractivity contribution in [1.82, 2.24) is 0 Å². The molecule has 0 radical (unpaired) electrons. The summed E-state index contributed by atoms with van der Waals surface area (Å²) in [6, 6.07) is 5.30.